The van der Waals surface area contributed by atoms with E-state index in [2.05, 4.69) is 14.8 Å². The number of rotatable bonds is 9. The Morgan fingerprint density at radius 2 is 1.65 bits per heavy atom. The zero-order chi connectivity index (χ0) is 24.7. The summed E-state index contributed by atoms with van der Waals surface area (Å²) in [6.45, 7) is 1.85. The second kappa shape index (κ2) is 11.6. The van der Waals surface area contributed by atoms with Crippen molar-refractivity contribution >= 4 is 21.9 Å². The van der Waals surface area contributed by atoms with Crippen molar-refractivity contribution in [3.63, 3.8) is 0 Å². The van der Waals surface area contributed by atoms with Crippen LogP contribution in [0.3, 0.4) is 0 Å². The fourth-order valence-electron chi connectivity index (χ4n) is 4.11. The maximum Gasteiger partial charge on any atom is 0.305 e. The Hall–Kier alpha value is -2.78. The first-order valence-corrected chi connectivity index (χ1v) is 12.9. The van der Waals surface area contributed by atoms with Crippen molar-refractivity contribution in [1.29, 1.82) is 0 Å². The molecule has 0 saturated heterocycles. The van der Waals surface area contributed by atoms with Crippen LogP contribution in [0.4, 0.5) is 4.39 Å². The van der Waals surface area contributed by atoms with Crippen molar-refractivity contribution in [1.82, 2.24) is 10.0 Å². The van der Waals surface area contributed by atoms with Gasteiger partial charge in [0.25, 0.3) is 0 Å². The third-order valence-corrected chi connectivity index (χ3v) is 7.76. The molecule has 0 bridgehead atoms. The highest BCUT2D eigenvalue weighted by atomic mass is 32.2. The molecule has 1 fully saturated rings. The number of carbonyl (C=O) groups excluding carboxylic acids is 2. The fourth-order valence-corrected chi connectivity index (χ4v) is 5.42. The summed E-state index contributed by atoms with van der Waals surface area (Å²) in [7, 11) is -2.35. The van der Waals surface area contributed by atoms with Crippen molar-refractivity contribution in [3.05, 3.63) is 65.5 Å². The van der Waals surface area contributed by atoms with Crippen molar-refractivity contribution in [3.8, 4) is 0 Å². The summed E-state index contributed by atoms with van der Waals surface area (Å²) in [5.74, 6) is -0.886. The number of amides is 1. The van der Waals surface area contributed by atoms with Crippen molar-refractivity contribution in [2.75, 3.05) is 7.11 Å². The molecule has 2 aromatic carbocycles. The molecule has 1 atom stereocenters. The van der Waals surface area contributed by atoms with Gasteiger partial charge < -0.3 is 10.1 Å². The van der Waals surface area contributed by atoms with Gasteiger partial charge in [0.05, 0.1) is 18.0 Å². The summed E-state index contributed by atoms with van der Waals surface area (Å²) in [5.41, 5.74) is 1.68. The molecule has 0 radical (unpaired) electrons. The molecule has 9 heteroatoms. The molecule has 0 aromatic heterocycles. The van der Waals surface area contributed by atoms with E-state index in [0.29, 0.717) is 32.1 Å². The van der Waals surface area contributed by atoms with Gasteiger partial charge in [-0.05, 0) is 74.4 Å². The molecule has 0 unspecified atom stereocenters. The molecule has 0 spiro atoms. The molecule has 34 heavy (non-hydrogen) atoms. The van der Waals surface area contributed by atoms with Gasteiger partial charge in [0.2, 0.25) is 15.9 Å². The number of hydrogen-bond acceptors (Lipinski definition) is 5. The van der Waals surface area contributed by atoms with Crippen LogP contribution < -0.4 is 10.0 Å². The maximum atomic E-state index is 13.1. The molecule has 2 aromatic rings. The lowest BCUT2D eigenvalue weighted by molar-refractivity contribution is -0.140. The predicted octanol–water partition coefficient (Wildman–Crippen LogP) is 3.65. The van der Waals surface area contributed by atoms with Crippen LogP contribution in [0.2, 0.25) is 0 Å². The van der Waals surface area contributed by atoms with Crippen LogP contribution in [0.15, 0.2) is 53.4 Å². The number of hydrogen-bond donors (Lipinski definition) is 2. The van der Waals surface area contributed by atoms with Crippen LogP contribution in [0.5, 0.6) is 0 Å². The molecule has 184 valence electrons. The van der Waals surface area contributed by atoms with E-state index >= 15 is 0 Å². The highest BCUT2D eigenvalue weighted by Crippen LogP contribution is 2.27. The van der Waals surface area contributed by atoms with Gasteiger partial charge in [-0.2, -0.15) is 0 Å². The van der Waals surface area contributed by atoms with Gasteiger partial charge in [0.1, 0.15) is 5.82 Å². The Morgan fingerprint density at radius 1 is 1.03 bits per heavy atom. The largest absolute Gasteiger partial charge is 0.469 e. The maximum absolute atomic E-state index is 13.1. The van der Waals surface area contributed by atoms with Crippen LogP contribution in [0.1, 0.15) is 56.2 Å². The molecule has 7 nitrogen and oxygen atoms in total. The number of ether oxygens (including phenoxy) is 1. The molecule has 1 aliphatic rings. The highest BCUT2D eigenvalue weighted by Gasteiger charge is 2.29. The number of aryl methyl sites for hydroxylation is 1. The van der Waals surface area contributed by atoms with E-state index in [4.69, 9.17) is 0 Å². The number of methoxy groups -OCH3 is 1. The minimum atomic E-state index is -3.68. The van der Waals surface area contributed by atoms with Gasteiger partial charge in [-0.3, -0.25) is 9.59 Å². The number of halogens is 1. The Bertz CT molecular complexity index is 1080. The number of sulfonamides is 1. The van der Waals surface area contributed by atoms with E-state index in [0.717, 1.165) is 11.1 Å². The van der Waals surface area contributed by atoms with Crippen LogP contribution in [-0.2, 0) is 30.8 Å². The highest BCUT2D eigenvalue weighted by molar-refractivity contribution is 7.89. The Labute approximate surface area is 200 Å². The summed E-state index contributed by atoms with van der Waals surface area (Å²) in [6.07, 6.45) is 3.02. The van der Waals surface area contributed by atoms with E-state index in [9.17, 15) is 22.4 Å². The molecule has 1 amide bonds. The summed E-state index contributed by atoms with van der Waals surface area (Å²) in [5, 5.41) is 2.97. The lowest BCUT2D eigenvalue weighted by Gasteiger charge is -2.29. The first-order valence-electron chi connectivity index (χ1n) is 11.4. The summed E-state index contributed by atoms with van der Waals surface area (Å²) in [6, 6.07) is 12.0. The predicted molar refractivity (Wildman–Crippen MR) is 126 cm³/mol. The van der Waals surface area contributed by atoms with Gasteiger partial charge in [0, 0.05) is 18.4 Å². The monoisotopic (exact) mass is 490 g/mol. The van der Waals surface area contributed by atoms with E-state index in [1.165, 1.54) is 31.4 Å². The van der Waals surface area contributed by atoms with Crippen molar-refractivity contribution in [2.24, 2.45) is 5.92 Å². The molecule has 0 aliphatic heterocycles. The first-order chi connectivity index (χ1) is 16.2. The Balaban J connectivity index is 1.48. The number of nitrogens with one attached hydrogen (secondary N) is 2. The molecule has 3 rings (SSSR count). The zero-order valence-electron chi connectivity index (χ0n) is 19.4. The summed E-state index contributed by atoms with van der Waals surface area (Å²) < 4.78 is 46.0. The van der Waals surface area contributed by atoms with Gasteiger partial charge >= 0.3 is 5.97 Å². The molecular weight excluding hydrogens is 459 g/mol. The average molecular weight is 491 g/mol. The number of benzene rings is 2. The molecule has 0 heterocycles. The minimum absolute atomic E-state index is 0.0688. The molecule has 2 N–H and O–H groups in total. The van der Waals surface area contributed by atoms with Crippen molar-refractivity contribution in [2.45, 2.75) is 62.4 Å². The summed E-state index contributed by atoms with van der Waals surface area (Å²) >= 11 is 0. The van der Waals surface area contributed by atoms with Gasteiger partial charge in [-0.1, -0.05) is 24.3 Å². The van der Waals surface area contributed by atoms with Crippen LogP contribution in [0, 0.1) is 11.7 Å². The fraction of sp³-hybridized carbons (Fsp3) is 0.440. The van der Waals surface area contributed by atoms with Gasteiger partial charge in [-0.25, -0.2) is 17.5 Å². The molecular formula is C25H31FN2O5S. The first kappa shape index (κ1) is 25.8. The van der Waals surface area contributed by atoms with Crippen molar-refractivity contribution < 1.29 is 27.1 Å². The van der Waals surface area contributed by atoms with Crippen LogP contribution >= 0.6 is 0 Å². The van der Waals surface area contributed by atoms with E-state index < -0.39 is 10.0 Å². The smallest absolute Gasteiger partial charge is 0.305 e. The quantitative estimate of drug-likeness (QED) is 0.523. The standard InChI is InChI=1S/C25H31FN2O5S/c1-17(19-6-10-21(26)11-7-19)27-25(30)20-8-12-22(13-9-20)28-34(31,32)23-14-3-18(4-15-23)5-16-24(29)33-2/h3-4,6-7,10-11,14-15,17,20,22,28H,5,8-9,12-13,16H2,1-2H3,(H,27,30)/t17-,20?,22?/m1/s1. The molecule has 1 saturated carbocycles. The second-order valence-corrected chi connectivity index (χ2v) is 10.4. The number of esters is 1. The van der Waals surface area contributed by atoms with E-state index in [1.54, 1.807) is 24.3 Å². The third kappa shape index (κ3) is 7.11. The zero-order valence-corrected chi connectivity index (χ0v) is 20.2. The lowest BCUT2D eigenvalue weighted by Crippen LogP contribution is -2.41. The van der Waals surface area contributed by atoms with E-state index in [-0.39, 0.29) is 47.0 Å². The Kier molecular flexibility index (Phi) is 8.79. The average Bonchev–Trinajstić information content (AvgIpc) is 2.83. The molecule has 1 aliphatic carbocycles. The minimum Gasteiger partial charge on any atom is -0.469 e. The van der Waals surface area contributed by atoms with Gasteiger partial charge in [0.15, 0.2) is 0 Å². The topological polar surface area (TPSA) is 102 Å². The lowest BCUT2D eigenvalue weighted by atomic mass is 9.85. The van der Waals surface area contributed by atoms with E-state index in [1.807, 2.05) is 6.92 Å². The van der Waals surface area contributed by atoms with Crippen LogP contribution in [0.25, 0.3) is 0 Å². The SMILES string of the molecule is COC(=O)CCc1ccc(S(=O)(=O)NC2CCC(C(=O)N[C@H](C)c3ccc(F)cc3)CC2)cc1. The van der Waals surface area contributed by atoms with Crippen LogP contribution in [-0.4, -0.2) is 33.4 Å². The summed E-state index contributed by atoms with van der Waals surface area (Å²) in [4.78, 5) is 24.1. The third-order valence-electron chi connectivity index (χ3n) is 6.23. The van der Waals surface area contributed by atoms with Gasteiger partial charge in [-0.15, -0.1) is 0 Å². The second-order valence-electron chi connectivity index (χ2n) is 8.67. The Morgan fingerprint density at radius 3 is 2.24 bits per heavy atom. The number of carbonyl (C=O) groups is 2. The normalized spacial score (nSPS) is 19.3.